The smallest absolute Gasteiger partial charge is 0.252 e. The van der Waals surface area contributed by atoms with Crippen LogP contribution in [0.1, 0.15) is 0 Å². The number of carbonyl (C=O) groups is 1. The third kappa shape index (κ3) is 4.31. The first-order valence-corrected chi connectivity index (χ1v) is 9.59. The highest BCUT2D eigenvalue weighted by Crippen LogP contribution is 2.28. The molecule has 0 atom stereocenters. The van der Waals surface area contributed by atoms with Crippen molar-refractivity contribution in [1.82, 2.24) is 4.31 Å². The molecule has 124 valence electrons. The van der Waals surface area contributed by atoms with Crippen molar-refractivity contribution in [2.45, 2.75) is 4.21 Å². The Morgan fingerprint density at radius 2 is 2.13 bits per heavy atom. The number of likely N-dealkylation sites (N-methyl/N-ethyl adjacent to an activating group) is 1. The van der Waals surface area contributed by atoms with Gasteiger partial charge in [0.15, 0.2) is 0 Å². The maximum atomic E-state index is 12.3. The average molecular weight is 419 g/mol. The number of thiophene rings is 1. The summed E-state index contributed by atoms with van der Waals surface area (Å²) < 4.78 is 31.7. The second-order valence-corrected chi connectivity index (χ2v) is 8.72. The summed E-state index contributed by atoms with van der Waals surface area (Å²) in [4.78, 5) is 12.1. The second-order valence-electron chi connectivity index (χ2n) is 4.59. The van der Waals surface area contributed by atoms with Gasteiger partial charge in [-0.25, -0.2) is 8.42 Å². The van der Waals surface area contributed by atoms with Gasteiger partial charge in [0.2, 0.25) is 5.91 Å². The van der Waals surface area contributed by atoms with E-state index in [1.165, 1.54) is 20.2 Å². The lowest BCUT2D eigenvalue weighted by molar-refractivity contribution is -0.116. The number of ether oxygens (including phenoxy) is 1. The predicted molar refractivity (Wildman–Crippen MR) is 93.5 cm³/mol. The fraction of sp³-hybridized carbons (Fsp3) is 0.214. The number of carbonyl (C=O) groups excluding carboxylic acids is 1. The maximum Gasteiger partial charge on any atom is 0.252 e. The van der Waals surface area contributed by atoms with E-state index in [0.29, 0.717) is 11.4 Å². The summed E-state index contributed by atoms with van der Waals surface area (Å²) in [5.74, 6) is 0.0364. The van der Waals surface area contributed by atoms with Gasteiger partial charge >= 0.3 is 0 Å². The molecule has 1 aromatic carbocycles. The standard InChI is InChI=1S/C14H15BrN2O4S2/c1-17(23(19,20)14-4-3-7-22-14)9-13(18)16-11-8-10(15)5-6-12(11)21-2/h3-8H,9H2,1-2H3,(H,16,18). The fourth-order valence-corrected chi connectivity index (χ4v) is 4.51. The van der Waals surface area contributed by atoms with Crippen LogP contribution >= 0.6 is 27.3 Å². The van der Waals surface area contributed by atoms with Crippen molar-refractivity contribution < 1.29 is 17.9 Å². The van der Waals surface area contributed by atoms with Gasteiger partial charge < -0.3 is 10.1 Å². The first-order chi connectivity index (χ1) is 10.8. The van der Waals surface area contributed by atoms with Gasteiger partial charge in [-0.2, -0.15) is 4.31 Å². The summed E-state index contributed by atoms with van der Waals surface area (Å²) in [7, 11) is -0.796. The Morgan fingerprint density at radius 3 is 2.74 bits per heavy atom. The van der Waals surface area contributed by atoms with E-state index in [2.05, 4.69) is 21.2 Å². The summed E-state index contributed by atoms with van der Waals surface area (Å²) in [6.07, 6.45) is 0. The number of hydrogen-bond acceptors (Lipinski definition) is 5. The first kappa shape index (κ1) is 17.9. The number of nitrogens with zero attached hydrogens (tertiary/aromatic N) is 1. The largest absolute Gasteiger partial charge is 0.495 e. The number of hydrogen-bond donors (Lipinski definition) is 1. The van der Waals surface area contributed by atoms with Gasteiger partial charge in [-0.1, -0.05) is 22.0 Å². The average Bonchev–Trinajstić information content (AvgIpc) is 3.02. The number of sulfonamides is 1. The van der Waals surface area contributed by atoms with E-state index >= 15 is 0 Å². The van der Waals surface area contributed by atoms with Gasteiger partial charge in [0.25, 0.3) is 10.0 Å². The van der Waals surface area contributed by atoms with Gasteiger partial charge in [-0.15, -0.1) is 11.3 Å². The van der Waals surface area contributed by atoms with Crippen LogP contribution < -0.4 is 10.1 Å². The molecule has 9 heteroatoms. The van der Waals surface area contributed by atoms with Crippen molar-refractivity contribution in [3.8, 4) is 5.75 Å². The van der Waals surface area contributed by atoms with E-state index in [0.717, 1.165) is 20.1 Å². The molecule has 2 rings (SSSR count). The third-order valence-electron chi connectivity index (χ3n) is 2.96. The Hall–Kier alpha value is -1.42. The van der Waals surface area contributed by atoms with Gasteiger partial charge in [0.1, 0.15) is 9.96 Å². The molecule has 0 aliphatic rings. The van der Waals surface area contributed by atoms with Crippen LogP contribution in [0.4, 0.5) is 5.69 Å². The molecule has 2 aromatic rings. The molecule has 1 N–H and O–H groups in total. The lowest BCUT2D eigenvalue weighted by Gasteiger charge is -2.16. The van der Waals surface area contributed by atoms with E-state index in [4.69, 9.17) is 4.74 Å². The highest BCUT2D eigenvalue weighted by atomic mass is 79.9. The van der Waals surface area contributed by atoms with E-state index in [-0.39, 0.29) is 10.8 Å². The molecule has 23 heavy (non-hydrogen) atoms. The number of methoxy groups -OCH3 is 1. The number of nitrogens with one attached hydrogen (secondary N) is 1. The normalized spacial score (nSPS) is 11.5. The molecular weight excluding hydrogens is 404 g/mol. The predicted octanol–water partition coefficient (Wildman–Crippen LogP) is 2.78. The number of benzene rings is 1. The Balaban J connectivity index is 2.09. The lowest BCUT2D eigenvalue weighted by Crippen LogP contribution is -2.34. The number of anilines is 1. The topological polar surface area (TPSA) is 75.7 Å². The lowest BCUT2D eigenvalue weighted by atomic mass is 10.3. The van der Waals surface area contributed by atoms with Crippen LogP contribution in [0.5, 0.6) is 5.75 Å². The molecular formula is C14H15BrN2O4S2. The zero-order chi connectivity index (χ0) is 17.0. The molecule has 0 saturated heterocycles. The first-order valence-electron chi connectivity index (χ1n) is 6.48. The zero-order valence-corrected chi connectivity index (χ0v) is 15.7. The zero-order valence-electron chi connectivity index (χ0n) is 12.4. The Kier molecular flexibility index (Phi) is 5.79. The minimum atomic E-state index is -3.66. The third-order valence-corrected chi connectivity index (χ3v) is 6.63. The van der Waals surface area contributed by atoms with Gasteiger partial charge in [-0.05, 0) is 29.6 Å². The molecule has 1 aromatic heterocycles. The summed E-state index contributed by atoms with van der Waals surface area (Å²) in [5.41, 5.74) is 0.466. The Morgan fingerprint density at radius 1 is 1.39 bits per heavy atom. The van der Waals surface area contributed by atoms with Crippen molar-refractivity contribution >= 4 is 48.9 Å². The van der Waals surface area contributed by atoms with Crippen LogP contribution in [-0.2, 0) is 14.8 Å². The second kappa shape index (κ2) is 7.43. The maximum absolute atomic E-state index is 12.3. The van der Waals surface area contributed by atoms with Crippen LogP contribution in [0, 0.1) is 0 Å². The molecule has 1 heterocycles. The van der Waals surface area contributed by atoms with E-state index in [9.17, 15) is 13.2 Å². The van der Waals surface area contributed by atoms with E-state index in [1.807, 2.05) is 0 Å². The number of amides is 1. The van der Waals surface area contributed by atoms with Gasteiger partial charge in [0.05, 0.1) is 19.3 Å². The minimum absolute atomic E-state index is 0.202. The SMILES string of the molecule is COc1ccc(Br)cc1NC(=O)CN(C)S(=O)(=O)c1cccs1. The molecule has 0 radical (unpaired) electrons. The van der Waals surface area contributed by atoms with Crippen molar-refractivity contribution in [2.75, 3.05) is 26.0 Å². The molecule has 0 saturated carbocycles. The molecule has 0 aliphatic heterocycles. The van der Waals surface area contributed by atoms with Crippen molar-refractivity contribution in [1.29, 1.82) is 0 Å². The molecule has 6 nitrogen and oxygen atoms in total. The molecule has 0 bridgehead atoms. The molecule has 0 spiro atoms. The Bertz CT molecular complexity index is 791. The summed E-state index contributed by atoms with van der Waals surface area (Å²) >= 11 is 4.42. The van der Waals surface area contributed by atoms with Gasteiger partial charge in [-0.3, -0.25) is 4.79 Å². The summed E-state index contributed by atoms with van der Waals surface area (Å²) in [6.45, 7) is -0.296. The van der Waals surface area contributed by atoms with Crippen LogP contribution in [0.25, 0.3) is 0 Å². The van der Waals surface area contributed by atoms with Crippen molar-refractivity contribution in [3.05, 3.63) is 40.2 Å². The Labute approximate surface area is 147 Å². The fourth-order valence-electron chi connectivity index (χ4n) is 1.82. The van der Waals surface area contributed by atoms with Crippen LogP contribution in [0.15, 0.2) is 44.4 Å². The van der Waals surface area contributed by atoms with Gasteiger partial charge in [0, 0.05) is 11.5 Å². The van der Waals surface area contributed by atoms with Crippen molar-refractivity contribution in [2.24, 2.45) is 0 Å². The highest BCUT2D eigenvalue weighted by Gasteiger charge is 2.24. The molecule has 0 fully saturated rings. The summed E-state index contributed by atoms with van der Waals surface area (Å²) in [6, 6.07) is 8.32. The number of rotatable bonds is 6. The summed E-state index contributed by atoms with van der Waals surface area (Å²) in [5, 5.41) is 4.33. The quantitative estimate of drug-likeness (QED) is 0.782. The van der Waals surface area contributed by atoms with E-state index in [1.54, 1.807) is 29.6 Å². The van der Waals surface area contributed by atoms with Crippen LogP contribution in [0.2, 0.25) is 0 Å². The monoisotopic (exact) mass is 418 g/mol. The van der Waals surface area contributed by atoms with E-state index < -0.39 is 15.9 Å². The number of halogens is 1. The minimum Gasteiger partial charge on any atom is -0.495 e. The van der Waals surface area contributed by atoms with Crippen LogP contribution in [-0.4, -0.2) is 39.3 Å². The molecule has 0 unspecified atom stereocenters. The molecule has 0 aliphatic carbocycles. The highest BCUT2D eigenvalue weighted by molar-refractivity contribution is 9.10. The molecule has 1 amide bonds. The van der Waals surface area contributed by atoms with Crippen molar-refractivity contribution in [3.63, 3.8) is 0 Å². The van der Waals surface area contributed by atoms with Crippen LogP contribution in [0.3, 0.4) is 0 Å².